The lowest BCUT2D eigenvalue weighted by atomic mass is 10.2. The Morgan fingerprint density at radius 3 is 2.86 bits per heavy atom. The Bertz CT molecular complexity index is 184. The molecule has 2 unspecified atom stereocenters. The first kappa shape index (κ1) is 11.9. The first-order valence-electron chi connectivity index (χ1n) is 5.68. The monoisotopic (exact) mass is 215 g/mol. The maximum Gasteiger partial charge on any atom is 0.220 e. The van der Waals surface area contributed by atoms with E-state index in [1.807, 2.05) is 18.7 Å². The first-order valence-corrected chi connectivity index (χ1v) is 6.73. The quantitative estimate of drug-likeness (QED) is 0.763. The van der Waals surface area contributed by atoms with Crippen molar-refractivity contribution in [3.63, 3.8) is 0 Å². The molecule has 0 bridgehead atoms. The van der Waals surface area contributed by atoms with Crippen molar-refractivity contribution >= 4 is 17.7 Å². The van der Waals surface area contributed by atoms with Crippen molar-refractivity contribution in [2.24, 2.45) is 0 Å². The number of rotatable bonds is 5. The summed E-state index contributed by atoms with van der Waals surface area (Å²) in [6.45, 7) is 4.24. The fourth-order valence-corrected chi connectivity index (χ4v) is 3.21. The molecule has 82 valence electrons. The van der Waals surface area contributed by atoms with Crippen LogP contribution in [0.2, 0.25) is 0 Å². The Hall–Kier alpha value is -0.180. The van der Waals surface area contributed by atoms with Crippen molar-refractivity contribution in [2.75, 3.05) is 5.75 Å². The summed E-state index contributed by atoms with van der Waals surface area (Å²) in [7, 11) is 0. The Morgan fingerprint density at radius 1 is 1.43 bits per heavy atom. The SMILES string of the molecule is CCCC(=O)NC1CCCC1SCC. The molecule has 1 aliphatic rings. The number of amides is 1. The fraction of sp³-hybridized carbons (Fsp3) is 0.909. The van der Waals surface area contributed by atoms with Crippen LogP contribution >= 0.6 is 11.8 Å². The molecule has 14 heavy (non-hydrogen) atoms. The second kappa shape index (κ2) is 6.33. The second-order valence-corrected chi connectivity index (χ2v) is 5.36. The van der Waals surface area contributed by atoms with Crippen LogP contribution in [0.15, 0.2) is 0 Å². The van der Waals surface area contributed by atoms with E-state index in [2.05, 4.69) is 12.2 Å². The number of carbonyl (C=O) groups is 1. The molecule has 0 heterocycles. The highest BCUT2D eigenvalue weighted by molar-refractivity contribution is 7.99. The number of carbonyl (C=O) groups excluding carboxylic acids is 1. The van der Waals surface area contributed by atoms with Gasteiger partial charge >= 0.3 is 0 Å². The van der Waals surface area contributed by atoms with Crippen LogP contribution in [0.4, 0.5) is 0 Å². The zero-order valence-electron chi connectivity index (χ0n) is 9.21. The molecule has 1 fully saturated rings. The molecule has 0 aliphatic heterocycles. The van der Waals surface area contributed by atoms with E-state index in [4.69, 9.17) is 0 Å². The minimum Gasteiger partial charge on any atom is -0.352 e. The van der Waals surface area contributed by atoms with Crippen molar-refractivity contribution in [1.29, 1.82) is 0 Å². The van der Waals surface area contributed by atoms with Crippen LogP contribution in [0.3, 0.4) is 0 Å². The van der Waals surface area contributed by atoms with Gasteiger partial charge in [0.25, 0.3) is 0 Å². The van der Waals surface area contributed by atoms with Gasteiger partial charge in [-0.1, -0.05) is 20.3 Å². The van der Waals surface area contributed by atoms with E-state index in [1.54, 1.807) is 0 Å². The zero-order chi connectivity index (χ0) is 10.4. The topological polar surface area (TPSA) is 29.1 Å². The highest BCUT2D eigenvalue weighted by Crippen LogP contribution is 2.29. The van der Waals surface area contributed by atoms with Gasteiger partial charge in [0.15, 0.2) is 0 Å². The van der Waals surface area contributed by atoms with Gasteiger partial charge in [0, 0.05) is 17.7 Å². The molecular formula is C11H21NOS. The van der Waals surface area contributed by atoms with E-state index in [0.717, 1.165) is 12.2 Å². The van der Waals surface area contributed by atoms with E-state index >= 15 is 0 Å². The molecule has 0 radical (unpaired) electrons. The van der Waals surface area contributed by atoms with Crippen LogP contribution in [-0.4, -0.2) is 23.0 Å². The molecule has 1 N–H and O–H groups in total. The van der Waals surface area contributed by atoms with Gasteiger partial charge in [-0.15, -0.1) is 0 Å². The van der Waals surface area contributed by atoms with Gasteiger partial charge in [0.05, 0.1) is 0 Å². The van der Waals surface area contributed by atoms with Crippen LogP contribution in [0.25, 0.3) is 0 Å². The lowest BCUT2D eigenvalue weighted by Crippen LogP contribution is -2.38. The summed E-state index contributed by atoms with van der Waals surface area (Å²) in [5.74, 6) is 1.39. The van der Waals surface area contributed by atoms with Crippen LogP contribution in [0, 0.1) is 0 Å². The summed E-state index contributed by atoms with van der Waals surface area (Å²) in [5.41, 5.74) is 0. The maximum absolute atomic E-state index is 11.4. The van der Waals surface area contributed by atoms with Crippen LogP contribution in [0.1, 0.15) is 46.0 Å². The summed E-state index contributed by atoms with van der Waals surface area (Å²) in [6, 6.07) is 0.444. The third kappa shape index (κ3) is 3.52. The normalized spacial score (nSPS) is 26.4. The highest BCUT2D eigenvalue weighted by atomic mass is 32.2. The Kier molecular flexibility index (Phi) is 5.38. The molecule has 1 amide bonds. The van der Waals surface area contributed by atoms with Gasteiger partial charge in [-0.2, -0.15) is 11.8 Å². The first-order chi connectivity index (χ1) is 6.77. The largest absolute Gasteiger partial charge is 0.352 e. The predicted octanol–water partition coefficient (Wildman–Crippen LogP) is 2.58. The van der Waals surface area contributed by atoms with Gasteiger partial charge < -0.3 is 5.32 Å². The fourth-order valence-electron chi connectivity index (χ4n) is 2.01. The van der Waals surface area contributed by atoms with E-state index in [9.17, 15) is 4.79 Å². The Labute approximate surface area is 91.2 Å². The van der Waals surface area contributed by atoms with Crippen molar-refractivity contribution in [3.8, 4) is 0 Å². The summed E-state index contributed by atoms with van der Waals surface area (Å²) >= 11 is 1.99. The predicted molar refractivity (Wildman–Crippen MR) is 62.6 cm³/mol. The van der Waals surface area contributed by atoms with E-state index in [0.29, 0.717) is 17.7 Å². The molecule has 1 saturated carbocycles. The summed E-state index contributed by atoms with van der Waals surface area (Å²) in [5, 5.41) is 3.82. The number of hydrogen-bond donors (Lipinski definition) is 1. The highest BCUT2D eigenvalue weighted by Gasteiger charge is 2.27. The van der Waals surface area contributed by atoms with Crippen molar-refractivity contribution < 1.29 is 4.79 Å². The molecule has 3 heteroatoms. The van der Waals surface area contributed by atoms with Gasteiger partial charge in [-0.05, 0) is 25.0 Å². The van der Waals surface area contributed by atoms with Crippen LogP contribution < -0.4 is 5.32 Å². The lowest BCUT2D eigenvalue weighted by molar-refractivity contribution is -0.121. The molecule has 0 aromatic heterocycles. The number of nitrogens with one attached hydrogen (secondary N) is 1. The lowest BCUT2D eigenvalue weighted by Gasteiger charge is -2.19. The molecular weight excluding hydrogens is 194 g/mol. The third-order valence-electron chi connectivity index (χ3n) is 2.66. The van der Waals surface area contributed by atoms with Crippen molar-refractivity contribution in [2.45, 2.75) is 57.2 Å². The van der Waals surface area contributed by atoms with Gasteiger partial charge in [0.2, 0.25) is 5.91 Å². The molecule has 0 saturated heterocycles. The van der Waals surface area contributed by atoms with Crippen molar-refractivity contribution in [1.82, 2.24) is 5.32 Å². The standard InChI is InChI=1S/C11H21NOS/c1-3-6-11(13)12-9-7-5-8-10(9)14-4-2/h9-10H,3-8H2,1-2H3,(H,12,13). The van der Waals surface area contributed by atoms with E-state index < -0.39 is 0 Å². The summed E-state index contributed by atoms with van der Waals surface area (Å²) < 4.78 is 0. The van der Waals surface area contributed by atoms with E-state index in [1.165, 1.54) is 19.3 Å². The molecule has 0 spiro atoms. The zero-order valence-corrected chi connectivity index (χ0v) is 10.0. The van der Waals surface area contributed by atoms with Gasteiger partial charge in [0.1, 0.15) is 0 Å². The molecule has 0 aromatic rings. The average molecular weight is 215 g/mol. The smallest absolute Gasteiger partial charge is 0.220 e. The average Bonchev–Trinajstić information content (AvgIpc) is 2.54. The molecule has 2 atom stereocenters. The third-order valence-corrected chi connectivity index (χ3v) is 3.98. The van der Waals surface area contributed by atoms with Crippen LogP contribution in [0.5, 0.6) is 0 Å². The van der Waals surface area contributed by atoms with Gasteiger partial charge in [-0.25, -0.2) is 0 Å². The number of hydrogen-bond acceptors (Lipinski definition) is 2. The Balaban J connectivity index is 2.31. The molecule has 1 rings (SSSR count). The van der Waals surface area contributed by atoms with E-state index in [-0.39, 0.29) is 5.91 Å². The van der Waals surface area contributed by atoms with Gasteiger partial charge in [-0.3, -0.25) is 4.79 Å². The van der Waals surface area contributed by atoms with Crippen molar-refractivity contribution in [3.05, 3.63) is 0 Å². The maximum atomic E-state index is 11.4. The van der Waals surface area contributed by atoms with Crippen LogP contribution in [-0.2, 0) is 4.79 Å². The number of thioether (sulfide) groups is 1. The second-order valence-electron chi connectivity index (χ2n) is 3.85. The molecule has 2 nitrogen and oxygen atoms in total. The summed E-state index contributed by atoms with van der Waals surface area (Å²) in [6.07, 6.45) is 5.35. The minimum atomic E-state index is 0.237. The molecule has 0 aromatic carbocycles. The minimum absolute atomic E-state index is 0.237. The summed E-state index contributed by atoms with van der Waals surface area (Å²) in [4.78, 5) is 11.4. The Morgan fingerprint density at radius 2 is 2.21 bits per heavy atom. The molecule has 1 aliphatic carbocycles.